The first kappa shape index (κ1) is 12.7. The molecular formula is C14H20N2O2. The number of benzene rings is 1. The lowest BCUT2D eigenvalue weighted by molar-refractivity contribution is -0.123. The Hall–Kier alpha value is -1.71. The van der Waals surface area contributed by atoms with E-state index in [0.717, 1.165) is 18.9 Å². The molecule has 0 saturated heterocycles. The van der Waals surface area contributed by atoms with Crippen LogP contribution in [0.15, 0.2) is 24.3 Å². The molecule has 0 spiro atoms. The van der Waals surface area contributed by atoms with Crippen LogP contribution in [-0.4, -0.2) is 19.1 Å². The molecule has 1 aliphatic carbocycles. The summed E-state index contributed by atoms with van der Waals surface area (Å²) in [7, 11) is 0. The van der Waals surface area contributed by atoms with Crippen molar-refractivity contribution in [2.45, 2.75) is 25.7 Å². The van der Waals surface area contributed by atoms with E-state index in [4.69, 9.17) is 10.5 Å². The predicted molar refractivity (Wildman–Crippen MR) is 71.3 cm³/mol. The summed E-state index contributed by atoms with van der Waals surface area (Å²) in [6, 6.07) is 7.03. The molecule has 0 bridgehead atoms. The molecule has 1 aliphatic rings. The zero-order valence-electron chi connectivity index (χ0n) is 10.5. The van der Waals surface area contributed by atoms with Crippen LogP contribution >= 0.6 is 0 Å². The van der Waals surface area contributed by atoms with Crippen LogP contribution in [-0.2, 0) is 4.79 Å². The third-order valence-electron chi connectivity index (χ3n) is 3.35. The molecule has 0 aromatic heterocycles. The number of rotatable bonds is 6. The van der Waals surface area contributed by atoms with Crippen molar-refractivity contribution >= 4 is 11.6 Å². The van der Waals surface area contributed by atoms with Crippen molar-refractivity contribution in [3.63, 3.8) is 0 Å². The van der Waals surface area contributed by atoms with Crippen LogP contribution in [0.3, 0.4) is 0 Å². The van der Waals surface area contributed by atoms with Gasteiger partial charge in [-0.3, -0.25) is 4.79 Å². The molecule has 4 nitrogen and oxygen atoms in total. The highest BCUT2D eigenvalue weighted by Gasteiger charge is 2.16. The first-order valence-corrected chi connectivity index (χ1v) is 6.49. The molecule has 18 heavy (non-hydrogen) atoms. The van der Waals surface area contributed by atoms with Gasteiger partial charge in [0.2, 0.25) is 0 Å². The number of carbonyl (C=O) groups excluding carboxylic acids is 1. The molecule has 98 valence electrons. The average molecular weight is 248 g/mol. The van der Waals surface area contributed by atoms with Crippen LogP contribution < -0.4 is 15.8 Å². The monoisotopic (exact) mass is 248 g/mol. The fraction of sp³-hybridized carbons (Fsp3) is 0.500. The molecule has 0 heterocycles. The summed E-state index contributed by atoms with van der Waals surface area (Å²) in [6.07, 6.45) is 5.07. The van der Waals surface area contributed by atoms with Crippen molar-refractivity contribution in [1.82, 2.24) is 5.32 Å². The lowest BCUT2D eigenvalue weighted by atomic mass is 9.83. The quantitative estimate of drug-likeness (QED) is 0.756. The molecule has 2 rings (SSSR count). The normalized spacial score (nSPS) is 14.9. The zero-order chi connectivity index (χ0) is 12.8. The Morgan fingerprint density at radius 3 is 2.67 bits per heavy atom. The van der Waals surface area contributed by atoms with Crippen molar-refractivity contribution in [3.05, 3.63) is 24.3 Å². The number of nitrogen functional groups attached to an aromatic ring is 1. The maximum Gasteiger partial charge on any atom is 0.257 e. The number of anilines is 1. The Balaban J connectivity index is 1.60. The van der Waals surface area contributed by atoms with Crippen LogP contribution in [0, 0.1) is 5.92 Å². The van der Waals surface area contributed by atoms with Gasteiger partial charge in [0.15, 0.2) is 6.61 Å². The minimum Gasteiger partial charge on any atom is -0.484 e. The minimum atomic E-state index is -0.0638. The molecule has 1 aromatic carbocycles. The van der Waals surface area contributed by atoms with Gasteiger partial charge in [-0.1, -0.05) is 19.3 Å². The highest BCUT2D eigenvalue weighted by atomic mass is 16.5. The minimum absolute atomic E-state index is 0.0638. The SMILES string of the molecule is Nc1ccc(OCC(=O)NCCC2CCC2)cc1. The van der Waals surface area contributed by atoms with Gasteiger partial charge in [-0.15, -0.1) is 0 Å². The summed E-state index contributed by atoms with van der Waals surface area (Å²) in [4.78, 5) is 11.5. The summed E-state index contributed by atoms with van der Waals surface area (Å²) in [6.45, 7) is 0.823. The van der Waals surface area contributed by atoms with E-state index in [2.05, 4.69) is 5.32 Å². The number of nitrogens with one attached hydrogen (secondary N) is 1. The maximum atomic E-state index is 11.5. The number of amides is 1. The Kier molecular flexibility index (Phi) is 4.45. The van der Waals surface area contributed by atoms with E-state index in [-0.39, 0.29) is 12.5 Å². The molecule has 3 N–H and O–H groups in total. The maximum absolute atomic E-state index is 11.5. The average Bonchev–Trinajstić information content (AvgIpc) is 2.32. The second kappa shape index (κ2) is 6.28. The third-order valence-corrected chi connectivity index (χ3v) is 3.35. The summed E-state index contributed by atoms with van der Waals surface area (Å²) in [5.74, 6) is 1.42. The predicted octanol–water partition coefficient (Wildman–Crippen LogP) is 1.95. The van der Waals surface area contributed by atoms with Crippen LogP contribution in [0.2, 0.25) is 0 Å². The summed E-state index contributed by atoms with van der Waals surface area (Å²) >= 11 is 0. The summed E-state index contributed by atoms with van der Waals surface area (Å²) in [5.41, 5.74) is 6.25. The molecule has 1 aromatic rings. The topological polar surface area (TPSA) is 64.3 Å². The van der Waals surface area contributed by atoms with Gasteiger partial charge in [-0.2, -0.15) is 0 Å². The molecule has 0 unspecified atom stereocenters. The zero-order valence-corrected chi connectivity index (χ0v) is 10.5. The van der Waals surface area contributed by atoms with E-state index in [1.54, 1.807) is 24.3 Å². The fourth-order valence-corrected chi connectivity index (χ4v) is 1.96. The standard InChI is InChI=1S/C14H20N2O2/c15-12-4-6-13(7-5-12)18-10-14(17)16-9-8-11-2-1-3-11/h4-7,11H,1-3,8-10,15H2,(H,16,17). The van der Waals surface area contributed by atoms with Crippen LogP contribution in [0.5, 0.6) is 5.75 Å². The van der Waals surface area contributed by atoms with Crippen molar-refractivity contribution < 1.29 is 9.53 Å². The van der Waals surface area contributed by atoms with E-state index in [0.29, 0.717) is 11.4 Å². The van der Waals surface area contributed by atoms with Gasteiger partial charge in [-0.05, 0) is 36.6 Å². The number of nitrogens with two attached hydrogens (primary N) is 1. The molecular weight excluding hydrogens is 228 g/mol. The highest BCUT2D eigenvalue weighted by molar-refractivity contribution is 5.77. The molecule has 0 atom stereocenters. The molecule has 1 saturated carbocycles. The van der Waals surface area contributed by atoms with E-state index >= 15 is 0 Å². The van der Waals surface area contributed by atoms with Crippen molar-refractivity contribution in [2.24, 2.45) is 5.92 Å². The first-order valence-electron chi connectivity index (χ1n) is 6.49. The number of carbonyl (C=O) groups is 1. The molecule has 0 aliphatic heterocycles. The van der Waals surface area contributed by atoms with Gasteiger partial charge in [-0.25, -0.2) is 0 Å². The van der Waals surface area contributed by atoms with Crippen molar-refractivity contribution in [2.75, 3.05) is 18.9 Å². The Morgan fingerprint density at radius 2 is 2.06 bits per heavy atom. The van der Waals surface area contributed by atoms with Crippen molar-refractivity contribution in [1.29, 1.82) is 0 Å². The van der Waals surface area contributed by atoms with Gasteiger partial charge in [0.1, 0.15) is 5.75 Å². The Bertz CT molecular complexity index is 385. The molecule has 1 fully saturated rings. The van der Waals surface area contributed by atoms with Crippen LogP contribution in [0.1, 0.15) is 25.7 Å². The number of hydrogen-bond donors (Lipinski definition) is 2. The van der Waals surface area contributed by atoms with Crippen molar-refractivity contribution in [3.8, 4) is 5.75 Å². The smallest absolute Gasteiger partial charge is 0.257 e. The van der Waals surface area contributed by atoms with E-state index < -0.39 is 0 Å². The highest BCUT2D eigenvalue weighted by Crippen LogP contribution is 2.28. The van der Waals surface area contributed by atoms with Gasteiger partial charge in [0.05, 0.1) is 0 Å². The van der Waals surface area contributed by atoms with Gasteiger partial charge < -0.3 is 15.8 Å². The number of ether oxygens (including phenoxy) is 1. The fourth-order valence-electron chi connectivity index (χ4n) is 1.96. The Labute approximate surface area is 108 Å². The van der Waals surface area contributed by atoms with E-state index in [9.17, 15) is 4.79 Å². The van der Waals surface area contributed by atoms with Gasteiger partial charge in [0.25, 0.3) is 5.91 Å². The van der Waals surface area contributed by atoms with Gasteiger partial charge >= 0.3 is 0 Å². The second-order valence-electron chi connectivity index (χ2n) is 4.79. The summed E-state index contributed by atoms with van der Waals surface area (Å²) < 4.78 is 5.35. The van der Waals surface area contributed by atoms with Gasteiger partial charge in [0, 0.05) is 12.2 Å². The first-order chi connectivity index (χ1) is 8.74. The molecule has 1 amide bonds. The van der Waals surface area contributed by atoms with E-state index in [1.807, 2.05) is 0 Å². The van der Waals surface area contributed by atoms with Crippen LogP contribution in [0.25, 0.3) is 0 Å². The molecule has 0 radical (unpaired) electrons. The lowest BCUT2D eigenvalue weighted by Gasteiger charge is -2.25. The third kappa shape index (κ3) is 3.95. The molecule has 4 heteroatoms. The number of hydrogen-bond acceptors (Lipinski definition) is 3. The largest absolute Gasteiger partial charge is 0.484 e. The second-order valence-corrected chi connectivity index (χ2v) is 4.79. The van der Waals surface area contributed by atoms with Crippen LogP contribution in [0.4, 0.5) is 5.69 Å². The summed E-state index contributed by atoms with van der Waals surface area (Å²) in [5, 5.41) is 2.87. The lowest BCUT2D eigenvalue weighted by Crippen LogP contribution is -2.31. The van der Waals surface area contributed by atoms with E-state index in [1.165, 1.54) is 19.3 Å². The Morgan fingerprint density at radius 1 is 1.33 bits per heavy atom.